The lowest BCUT2D eigenvalue weighted by Crippen LogP contribution is -2.02. The number of hydrogen-bond donors (Lipinski definition) is 1. The first-order valence-electron chi connectivity index (χ1n) is 5.41. The van der Waals surface area contributed by atoms with Crippen molar-refractivity contribution in [1.82, 2.24) is 0 Å². The molecule has 0 spiro atoms. The Morgan fingerprint density at radius 1 is 1.12 bits per heavy atom. The Bertz CT molecular complexity index is 505. The fourth-order valence-electron chi connectivity index (χ4n) is 1.68. The van der Waals surface area contributed by atoms with E-state index in [9.17, 15) is 0 Å². The Balaban J connectivity index is 2.16. The summed E-state index contributed by atoms with van der Waals surface area (Å²) in [4.78, 5) is 0. The van der Waals surface area contributed by atoms with E-state index in [0.717, 1.165) is 27.3 Å². The van der Waals surface area contributed by atoms with Gasteiger partial charge in [0.1, 0.15) is 0 Å². The lowest BCUT2D eigenvalue weighted by atomic mass is 10.2. The molecule has 0 fully saturated rings. The molecule has 1 nitrogen and oxygen atoms in total. The number of halogens is 2. The molecule has 2 aromatic carbocycles. The summed E-state index contributed by atoms with van der Waals surface area (Å²) in [7, 11) is 0. The van der Waals surface area contributed by atoms with Crippen LogP contribution in [-0.4, -0.2) is 0 Å². The zero-order valence-electron chi connectivity index (χ0n) is 9.50. The van der Waals surface area contributed by atoms with Gasteiger partial charge in [-0.05, 0) is 30.2 Å². The molecule has 2 aromatic rings. The number of anilines is 1. The van der Waals surface area contributed by atoms with E-state index in [2.05, 4.69) is 27.3 Å². The predicted octanol–water partition coefficient (Wildman–Crippen LogP) is 5.02. The van der Waals surface area contributed by atoms with Crippen LogP contribution in [0.4, 0.5) is 5.69 Å². The molecule has 88 valence electrons. The van der Waals surface area contributed by atoms with Gasteiger partial charge in [-0.1, -0.05) is 57.9 Å². The number of para-hydroxylation sites is 1. The molecule has 0 heterocycles. The second-order valence-electron chi connectivity index (χ2n) is 3.88. The average molecular weight is 311 g/mol. The molecular formula is C14H13BrClN. The molecule has 0 aliphatic rings. The molecule has 3 heteroatoms. The van der Waals surface area contributed by atoms with Crippen molar-refractivity contribution in [2.45, 2.75) is 13.5 Å². The topological polar surface area (TPSA) is 12.0 Å². The molecular weight excluding hydrogens is 298 g/mol. The molecule has 0 aliphatic carbocycles. The van der Waals surface area contributed by atoms with Gasteiger partial charge in [-0.3, -0.25) is 0 Å². The molecule has 0 saturated carbocycles. The highest BCUT2D eigenvalue weighted by molar-refractivity contribution is 9.10. The minimum atomic E-state index is 0.756. The summed E-state index contributed by atoms with van der Waals surface area (Å²) in [6, 6.07) is 14.1. The smallest absolute Gasteiger partial charge is 0.0640 e. The zero-order valence-corrected chi connectivity index (χ0v) is 11.8. The average Bonchev–Trinajstić information content (AvgIpc) is 2.30. The number of rotatable bonds is 3. The van der Waals surface area contributed by atoms with Crippen molar-refractivity contribution >= 4 is 33.2 Å². The van der Waals surface area contributed by atoms with Crippen LogP contribution in [0.2, 0.25) is 5.02 Å². The Kier molecular flexibility index (Phi) is 4.08. The Morgan fingerprint density at radius 2 is 1.88 bits per heavy atom. The molecule has 17 heavy (non-hydrogen) atoms. The highest BCUT2D eigenvalue weighted by Crippen LogP contribution is 2.26. The van der Waals surface area contributed by atoms with E-state index in [1.165, 1.54) is 5.56 Å². The lowest BCUT2D eigenvalue weighted by Gasteiger charge is -2.12. The fraction of sp³-hybridized carbons (Fsp3) is 0.143. The van der Waals surface area contributed by atoms with Crippen molar-refractivity contribution in [3.8, 4) is 0 Å². The van der Waals surface area contributed by atoms with Gasteiger partial charge in [-0.2, -0.15) is 0 Å². The maximum Gasteiger partial charge on any atom is 0.0640 e. The van der Waals surface area contributed by atoms with Crippen LogP contribution in [0.1, 0.15) is 11.1 Å². The Labute approximate surface area is 115 Å². The predicted molar refractivity (Wildman–Crippen MR) is 77.7 cm³/mol. The third-order valence-corrected chi connectivity index (χ3v) is 3.72. The van der Waals surface area contributed by atoms with Gasteiger partial charge in [-0.25, -0.2) is 0 Å². The summed E-state index contributed by atoms with van der Waals surface area (Å²) in [6.07, 6.45) is 0. The second-order valence-corrected chi connectivity index (χ2v) is 5.14. The van der Waals surface area contributed by atoms with Gasteiger partial charge in [0.2, 0.25) is 0 Å². The number of nitrogens with one attached hydrogen (secondary N) is 1. The summed E-state index contributed by atoms with van der Waals surface area (Å²) < 4.78 is 1.11. The van der Waals surface area contributed by atoms with Crippen LogP contribution in [0.5, 0.6) is 0 Å². The first-order chi connectivity index (χ1) is 8.18. The van der Waals surface area contributed by atoms with Crippen molar-refractivity contribution in [2.75, 3.05) is 5.32 Å². The summed E-state index contributed by atoms with van der Waals surface area (Å²) in [5.41, 5.74) is 3.38. The highest BCUT2D eigenvalue weighted by atomic mass is 79.9. The molecule has 0 aromatic heterocycles. The first kappa shape index (κ1) is 12.5. The molecule has 0 saturated heterocycles. The minimum absolute atomic E-state index is 0.756. The Hall–Kier alpha value is -0.990. The van der Waals surface area contributed by atoms with E-state index in [-0.39, 0.29) is 0 Å². The van der Waals surface area contributed by atoms with E-state index in [1.807, 2.05) is 43.3 Å². The maximum atomic E-state index is 6.16. The van der Waals surface area contributed by atoms with E-state index >= 15 is 0 Å². The monoisotopic (exact) mass is 309 g/mol. The van der Waals surface area contributed by atoms with Crippen LogP contribution in [-0.2, 0) is 6.54 Å². The molecule has 0 unspecified atom stereocenters. The lowest BCUT2D eigenvalue weighted by molar-refractivity contribution is 1.13. The largest absolute Gasteiger partial charge is 0.380 e. The van der Waals surface area contributed by atoms with Crippen LogP contribution >= 0.6 is 27.5 Å². The molecule has 0 bridgehead atoms. The number of hydrogen-bond acceptors (Lipinski definition) is 1. The molecule has 2 rings (SSSR count). The Morgan fingerprint density at radius 3 is 2.59 bits per heavy atom. The number of aryl methyl sites for hydroxylation is 1. The maximum absolute atomic E-state index is 6.16. The SMILES string of the molecule is Cc1cccc(Cl)c1NCc1ccccc1Br. The molecule has 1 N–H and O–H groups in total. The first-order valence-corrected chi connectivity index (χ1v) is 6.58. The standard InChI is InChI=1S/C14H13BrClN/c1-10-5-4-8-13(16)14(10)17-9-11-6-2-3-7-12(11)15/h2-8,17H,9H2,1H3. The van der Waals surface area contributed by atoms with Crippen molar-refractivity contribution in [1.29, 1.82) is 0 Å². The molecule has 0 amide bonds. The van der Waals surface area contributed by atoms with Gasteiger partial charge in [0.05, 0.1) is 10.7 Å². The highest BCUT2D eigenvalue weighted by Gasteiger charge is 2.04. The van der Waals surface area contributed by atoms with E-state index in [4.69, 9.17) is 11.6 Å². The van der Waals surface area contributed by atoms with Crippen LogP contribution in [0.3, 0.4) is 0 Å². The summed E-state index contributed by atoms with van der Waals surface area (Å²) in [5.74, 6) is 0. The van der Waals surface area contributed by atoms with Crippen LogP contribution in [0, 0.1) is 6.92 Å². The molecule has 0 atom stereocenters. The summed E-state index contributed by atoms with van der Waals surface area (Å²) >= 11 is 9.70. The summed E-state index contributed by atoms with van der Waals surface area (Å²) in [5, 5.41) is 4.14. The summed E-state index contributed by atoms with van der Waals surface area (Å²) in [6.45, 7) is 2.81. The van der Waals surface area contributed by atoms with Crippen molar-refractivity contribution < 1.29 is 0 Å². The third kappa shape index (κ3) is 3.02. The third-order valence-electron chi connectivity index (χ3n) is 2.64. The fourth-order valence-corrected chi connectivity index (χ4v) is 2.39. The van der Waals surface area contributed by atoms with Gasteiger partial charge in [0, 0.05) is 11.0 Å². The van der Waals surface area contributed by atoms with Gasteiger partial charge in [0.25, 0.3) is 0 Å². The van der Waals surface area contributed by atoms with Gasteiger partial charge in [0.15, 0.2) is 0 Å². The van der Waals surface area contributed by atoms with Gasteiger partial charge < -0.3 is 5.32 Å². The minimum Gasteiger partial charge on any atom is -0.380 e. The van der Waals surface area contributed by atoms with Gasteiger partial charge in [-0.15, -0.1) is 0 Å². The van der Waals surface area contributed by atoms with Crippen LogP contribution < -0.4 is 5.32 Å². The van der Waals surface area contributed by atoms with E-state index in [1.54, 1.807) is 0 Å². The quantitative estimate of drug-likeness (QED) is 0.839. The van der Waals surface area contributed by atoms with Crippen LogP contribution in [0.25, 0.3) is 0 Å². The van der Waals surface area contributed by atoms with Crippen molar-refractivity contribution in [3.05, 3.63) is 63.1 Å². The van der Waals surface area contributed by atoms with Crippen molar-refractivity contribution in [2.24, 2.45) is 0 Å². The zero-order chi connectivity index (χ0) is 12.3. The van der Waals surface area contributed by atoms with Crippen LogP contribution in [0.15, 0.2) is 46.9 Å². The second kappa shape index (κ2) is 5.56. The van der Waals surface area contributed by atoms with E-state index < -0.39 is 0 Å². The normalized spacial score (nSPS) is 10.3. The van der Waals surface area contributed by atoms with Crippen molar-refractivity contribution in [3.63, 3.8) is 0 Å². The molecule has 0 aliphatic heterocycles. The molecule has 0 radical (unpaired) electrons. The number of benzene rings is 2. The van der Waals surface area contributed by atoms with Gasteiger partial charge >= 0.3 is 0 Å². The van der Waals surface area contributed by atoms with E-state index in [0.29, 0.717) is 0 Å².